The maximum atomic E-state index is 10.9. The molecule has 0 aliphatic rings. The molecule has 0 saturated heterocycles. The molecular weight excluding hydrogens is 180 g/mol. The lowest BCUT2D eigenvalue weighted by Crippen LogP contribution is -2.13. The molecule has 0 aliphatic carbocycles. The molecule has 0 amide bonds. The number of ether oxygens (including phenoxy) is 1. The summed E-state index contributed by atoms with van der Waals surface area (Å²) in [5.41, 5.74) is 0. The Hall–Kier alpha value is 0.170. The fourth-order valence-electron chi connectivity index (χ4n) is 0.517. The molecule has 4 heteroatoms. The number of carbonyl (C=O) groups is 1. The molecule has 0 aromatic rings. The number of hydrogen-bond acceptors (Lipinski definition) is 4. The van der Waals surface area contributed by atoms with Gasteiger partial charge in [-0.1, -0.05) is 0 Å². The minimum Gasteiger partial charge on any atom is -0.462 e. The summed E-state index contributed by atoms with van der Waals surface area (Å²) in [6.07, 6.45) is -0.000832. The van der Waals surface area contributed by atoms with E-state index in [9.17, 15) is 4.79 Å². The minimum absolute atomic E-state index is 0.000832. The number of carbonyl (C=O) groups excluding carboxylic acids is 1. The standard InChI is InChI=1S/C7H14O2S2/c1-6(2)9-7(8)5-11-4-3-10/h6,10H,3-5H2,1-2H3. The molecule has 0 aromatic heterocycles. The molecule has 0 saturated carbocycles. The molecule has 0 radical (unpaired) electrons. The van der Waals surface area contributed by atoms with E-state index < -0.39 is 0 Å². The zero-order valence-corrected chi connectivity index (χ0v) is 8.58. The molecular formula is C7H14O2S2. The van der Waals surface area contributed by atoms with Crippen LogP contribution in [0.2, 0.25) is 0 Å². The van der Waals surface area contributed by atoms with Crippen molar-refractivity contribution >= 4 is 30.4 Å². The molecule has 11 heavy (non-hydrogen) atoms. The van der Waals surface area contributed by atoms with E-state index in [1.54, 1.807) is 11.8 Å². The predicted molar refractivity (Wildman–Crippen MR) is 52.4 cm³/mol. The molecule has 0 atom stereocenters. The van der Waals surface area contributed by atoms with Crippen molar-refractivity contribution in [2.75, 3.05) is 17.3 Å². The van der Waals surface area contributed by atoms with Crippen molar-refractivity contribution in [2.24, 2.45) is 0 Å². The van der Waals surface area contributed by atoms with Crippen LogP contribution < -0.4 is 0 Å². The lowest BCUT2D eigenvalue weighted by molar-refractivity contribution is -0.144. The SMILES string of the molecule is CC(C)OC(=O)CSCCS. The highest BCUT2D eigenvalue weighted by Crippen LogP contribution is 2.02. The average Bonchev–Trinajstić information content (AvgIpc) is 1.86. The topological polar surface area (TPSA) is 26.3 Å². The molecule has 66 valence electrons. The summed E-state index contributed by atoms with van der Waals surface area (Å²) in [7, 11) is 0. The lowest BCUT2D eigenvalue weighted by atomic mass is 10.5. The Bertz CT molecular complexity index is 115. The van der Waals surface area contributed by atoms with Crippen molar-refractivity contribution in [1.29, 1.82) is 0 Å². The van der Waals surface area contributed by atoms with Gasteiger partial charge in [-0.3, -0.25) is 4.79 Å². The van der Waals surface area contributed by atoms with E-state index in [2.05, 4.69) is 12.6 Å². The molecule has 0 spiro atoms. The van der Waals surface area contributed by atoms with E-state index in [0.29, 0.717) is 5.75 Å². The molecule has 0 fully saturated rings. The fourth-order valence-corrected chi connectivity index (χ4v) is 1.41. The third-order valence-electron chi connectivity index (χ3n) is 0.823. The zero-order chi connectivity index (χ0) is 8.69. The third-order valence-corrected chi connectivity index (χ3v) is 2.28. The Balaban J connectivity index is 3.23. The van der Waals surface area contributed by atoms with Gasteiger partial charge in [0.05, 0.1) is 11.9 Å². The molecule has 0 bridgehead atoms. The van der Waals surface area contributed by atoms with E-state index in [1.165, 1.54) is 0 Å². The number of esters is 1. The molecule has 0 unspecified atom stereocenters. The summed E-state index contributed by atoms with van der Waals surface area (Å²) in [5.74, 6) is 2.01. The van der Waals surface area contributed by atoms with Gasteiger partial charge in [-0.05, 0) is 19.6 Å². The van der Waals surface area contributed by atoms with Gasteiger partial charge in [-0.25, -0.2) is 0 Å². The maximum absolute atomic E-state index is 10.9. The van der Waals surface area contributed by atoms with E-state index in [4.69, 9.17) is 4.74 Å². The van der Waals surface area contributed by atoms with Crippen molar-refractivity contribution < 1.29 is 9.53 Å². The van der Waals surface area contributed by atoms with Gasteiger partial charge in [0.25, 0.3) is 0 Å². The van der Waals surface area contributed by atoms with Gasteiger partial charge < -0.3 is 4.74 Å². The molecule has 0 aliphatic heterocycles. The summed E-state index contributed by atoms with van der Waals surface area (Å²) >= 11 is 5.57. The lowest BCUT2D eigenvalue weighted by Gasteiger charge is -2.06. The van der Waals surface area contributed by atoms with Crippen molar-refractivity contribution in [3.63, 3.8) is 0 Å². The van der Waals surface area contributed by atoms with Gasteiger partial charge in [-0.2, -0.15) is 12.6 Å². The number of rotatable bonds is 5. The van der Waals surface area contributed by atoms with Gasteiger partial charge in [0, 0.05) is 5.75 Å². The number of thioether (sulfide) groups is 1. The second-order valence-electron chi connectivity index (χ2n) is 2.31. The Morgan fingerprint density at radius 2 is 2.27 bits per heavy atom. The van der Waals surface area contributed by atoms with Crippen LogP contribution in [0.5, 0.6) is 0 Å². The van der Waals surface area contributed by atoms with Crippen molar-refractivity contribution in [1.82, 2.24) is 0 Å². The van der Waals surface area contributed by atoms with E-state index in [0.717, 1.165) is 11.5 Å². The highest BCUT2D eigenvalue weighted by Gasteiger charge is 2.03. The smallest absolute Gasteiger partial charge is 0.316 e. The summed E-state index contributed by atoms with van der Waals surface area (Å²) in [5, 5.41) is 0. The molecule has 0 heterocycles. The maximum Gasteiger partial charge on any atom is 0.316 e. The predicted octanol–water partition coefficient (Wildman–Crippen LogP) is 1.60. The van der Waals surface area contributed by atoms with Gasteiger partial charge in [-0.15, -0.1) is 11.8 Å². The van der Waals surface area contributed by atoms with Gasteiger partial charge in [0.2, 0.25) is 0 Å². The van der Waals surface area contributed by atoms with Gasteiger partial charge >= 0.3 is 5.97 Å². The number of thiol groups is 1. The van der Waals surface area contributed by atoms with Crippen LogP contribution in [0.25, 0.3) is 0 Å². The van der Waals surface area contributed by atoms with Gasteiger partial charge in [0.1, 0.15) is 0 Å². The summed E-state index contributed by atoms with van der Waals surface area (Å²) in [6, 6.07) is 0. The first-order valence-electron chi connectivity index (χ1n) is 3.55. The average molecular weight is 194 g/mol. The fraction of sp³-hybridized carbons (Fsp3) is 0.857. The summed E-state index contributed by atoms with van der Waals surface area (Å²) in [4.78, 5) is 10.9. The van der Waals surface area contributed by atoms with E-state index in [-0.39, 0.29) is 12.1 Å². The van der Waals surface area contributed by atoms with Crippen LogP contribution in [-0.4, -0.2) is 29.3 Å². The van der Waals surface area contributed by atoms with Crippen LogP contribution in [0.1, 0.15) is 13.8 Å². The summed E-state index contributed by atoms with van der Waals surface area (Å²) in [6.45, 7) is 3.70. The van der Waals surface area contributed by atoms with Crippen LogP contribution in [0.15, 0.2) is 0 Å². The highest BCUT2D eigenvalue weighted by molar-refractivity contribution is 8.00. The van der Waals surface area contributed by atoms with E-state index >= 15 is 0 Å². The second-order valence-corrected chi connectivity index (χ2v) is 3.87. The molecule has 0 aromatic carbocycles. The minimum atomic E-state index is -0.133. The Morgan fingerprint density at radius 3 is 2.73 bits per heavy atom. The highest BCUT2D eigenvalue weighted by atomic mass is 32.2. The van der Waals surface area contributed by atoms with E-state index in [1.807, 2.05) is 13.8 Å². The normalized spacial score (nSPS) is 10.2. The summed E-state index contributed by atoms with van der Waals surface area (Å²) < 4.78 is 4.91. The zero-order valence-electron chi connectivity index (χ0n) is 6.87. The third kappa shape index (κ3) is 8.07. The first-order chi connectivity index (χ1) is 5.16. The van der Waals surface area contributed by atoms with Crippen molar-refractivity contribution in [2.45, 2.75) is 20.0 Å². The van der Waals surface area contributed by atoms with Crippen molar-refractivity contribution in [3.8, 4) is 0 Å². The first-order valence-corrected chi connectivity index (χ1v) is 5.33. The molecule has 0 N–H and O–H groups in total. The Kier molecular flexibility index (Phi) is 6.96. The van der Waals surface area contributed by atoms with Crippen LogP contribution in [0, 0.1) is 0 Å². The monoisotopic (exact) mass is 194 g/mol. The largest absolute Gasteiger partial charge is 0.462 e. The number of hydrogen-bond donors (Lipinski definition) is 1. The Labute approximate surface area is 77.5 Å². The molecule has 0 rings (SSSR count). The van der Waals surface area contributed by atoms with Crippen LogP contribution in [0.4, 0.5) is 0 Å². The first kappa shape index (κ1) is 11.2. The molecule has 2 nitrogen and oxygen atoms in total. The van der Waals surface area contributed by atoms with Gasteiger partial charge in [0.15, 0.2) is 0 Å². The Morgan fingerprint density at radius 1 is 1.64 bits per heavy atom. The van der Waals surface area contributed by atoms with Crippen LogP contribution in [0.3, 0.4) is 0 Å². The van der Waals surface area contributed by atoms with Crippen molar-refractivity contribution in [3.05, 3.63) is 0 Å². The second kappa shape index (κ2) is 6.85. The quantitative estimate of drug-likeness (QED) is 0.409. The van der Waals surface area contributed by atoms with Crippen LogP contribution >= 0.6 is 24.4 Å². The van der Waals surface area contributed by atoms with Crippen LogP contribution in [-0.2, 0) is 9.53 Å².